The van der Waals surface area contributed by atoms with Crippen molar-refractivity contribution in [3.05, 3.63) is 34.9 Å². The lowest BCUT2D eigenvalue weighted by Crippen LogP contribution is -2.16. The van der Waals surface area contributed by atoms with Crippen LogP contribution < -0.4 is 0 Å². The maximum atomic E-state index is 11.5. The molecule has 0 fully saturated rings. The third-order valence-corrected chi connectivity index (χ3v) is 2.48. The number of hydrogen-bond acceptors (Lipinski definition) is 2. The highest BCUT2D eigenvalue weighted by atomic mass is 80.0. The summed E-state index contributed by atoms with van der Waals surface area (Å²) < 4.78 is 4.42. The van der Waals surface area contributed by atoms with Crippen molar-refractivity contribution in [1.29, 1.82) is 0 Å². The van der Waals surface area contributed by atoms with E-state index in [1.807, 2.05) is 0 Å². The molecule has 0 bridgehead atoms. The number of ether oxygens (including phenoxy) is 1. The average Bonchev–Trinajstić information content (AvgIpc) is 2.14. The van der Waals surface area contributed by atoms with Crippen molar-refractivity contribution in [3.63, 3.8) is 0 Å². The fourth-order valence-corrected chi connectivity index (χ4v) is 1.41. The van der Waals surface area contributed by atoms with Gasteiger partial charge in [-0.25, -0.2) is 4.79 Å². The summed E-state index contributed by atoms with van der Waals surface area (Å²) in [5.74, 6) is -0.455. The van der Waals surface area contributed by atoms with Gasteiger partial charge in [-0.2, -0.15) is 0 Å². The zero-order valence-electron chi connectivity index (χ0n) is 7.34. The van der Waals surface area contributed by atoms with Crippen molar-refractivity contribution in [2.45, 2.75) is 2.14 Å². The van der Waals surface area contributed by atoms with E-state index in [-0.39, 0.29) is 6.61 Å². The maximum Gasteiger partial charge on any atom is 0.339 e. The van der Waals surface area contributed by atoms with E-state index in [0.717, 1.165) is 0 Å². The summed E-state index contributed by atoms with van der Waals surface area (Å²) in [5.41, 5.74) is 0.357. The van der Waals surface area contributed by atoms with Crippen molar-refractivity contribution in [1.82, 2.24) is 0 Å². The molecule has 82 valence electrons. The maximum absolute atomic E-state index is 11.5. The van der Waals surface area contributed by atoms with E-state index in [0.29, 0.717) is 10.6 Å². The van der Waals surface area contributed by atoms with E-state index in [2.05, 4.69) is 47.8 Å². The third-order valence-electron chi connectivity index (χ3n) is 1.46. The number of esters is 1. The van der Waals surface area contributed by atoms with Crippen LogP contribution in [-0.2, 0) is 4.74 Å². The van der Waals surface area contributed by atoms with Gasteiger partial charge in [0.2, 0.25) is 0 Å². The zero-order chi connectivity index (χ0) is 11.5. The molecular formula is C9H6Br3ClO2. The van der Waals surface area contributed by atoms with Crippen LogP contribution in [0.15, 0.2) is 24.3 Å². The summed E-state index contributed by atoms with van der Waals surface area (Å²) in [6, 6.07) is 6.74. The van der Waals surface area contributed by atoms with E-state index in [1.165, 1.54) is 0 Å². The minimum atomic E-state index is -0.593. The Bertz CT molecular complexity index is 363. The van der Waals surface area contributed by atoms with Crippen LogP contribution in [0.2, 0.25) is 5.02 Å². The van der Waals surface area contributed by atoms with Gasteiger partial charge in [0.15, 0.2) is 2.14 Å². The molecule has 0 radical (unpaired) electrons. The van der Waals surface area contributed by atoms with Crippen molar-refractivity contribution in [3.8, 4) is 0 Å². The predicted molar refractivity (Wildman–Crippen MR) is 71.2 cm³/mol. The van der Waals surface area contributed by atoms with Gasteiger partial charge in [-0.3, -0.25) is 0 Å². The molecule has 0 heterocycles. The van der Waals surface area contributed by atoms with Crippen LogP contribution in [0, 0.1) is 0 Å². The Morgan fingerprint density at radius 2 is 1.93 bits per heavy atom. The highest BCUT2D eigenvalue weighted by molar-refractivity contribution is 9.39. The molecular weight excluding hydrogens is 415 g/mol. The molecule has 0 saturated heterocycles. The molecule has 0 aliphatic rings. The first-order chi connectivity index (χ1) is 6.90. The van der Waals surface area contributed by atoms with Gasteiger partial charge in [-0.15, -0.1) is 0 Å². The summed E-state index contributed by atoms with van der Waals surface area (Å²) in [7, 11) is 0. The third kappa shape index (κ3) is 4.85. The number of carbonyl (C=O) groups excluding carboxylic acids is 1. The highest BCUT2D eigenvalue weighted by Crippen LogP contribution is 2.33. The number of halogens is 4. The Labute approximate surface area is 118 Å². The fourth-order valence-electron chi connectivity index (χ4n) is 0.852. The van der Waals surface area contributed by atoms with Gasteiger partial charge in [0.1, 0.15) is 6.61 Å². The first-order valence-electron chi connectivity index (χ1n) is 3.88. The summed E-state index contributed by atoms with van der Waals surface area (Å²) in [6.07, 6.45) is 0. The monoisotopic (exact) mass is 418 g/mol. The van der Waals surface area contributed by atoms with Crippen LogP contribution in [0.3, 0.4) is 0 Å². The quantitative estimate of drug-likeness (QED) is 0.525. The van der Waals surface area contributed by atoms with Crippen LogP contribution >= 0.6 is 59.4 Å². The van der Waals surface area contributed by atoms with Gasteiger partial charge in [0.25, 0.3) is 0 Å². The first kappa shape index (κ1) is 13.5. The average molecular weight is 421 g/mol. The number of carbonyl (C=O) groups is 1. The molecule has 0 aliphatic carbocycles. The molecule has 0 aromatic heterocycles. The van der Waals surface area contributed by atoms with Crippen molar-refractivity contribution >= 4 is 65.4 Å². The van der Waals surface area contributed by atoms with Gasteiger partial charge in [-0.05, 0) is 12.1 Å². The second-order valence-corrected chi connectivity index (χ2v) is 10.3. The van der Waals surface area contributed by atoms with Crippen LogP contribution in [0.1, 0.15) is 10.4 Å². The van der Waals surface area contributed by atoms with E-state index < -0.39 is 8.11 Å². The first-order valence-corrected chi connectivity index (χ1v) is 6.64. The topological polar surface area (TPSA) is 26.3 Å². The summed E-state index contributed by atoms with van der Waals surface area (Å²) >= 11 is 15.5. The van der Waals surface area contributed by atoms with E-state index in [1.54, 1.807) is 24.3 Å². The van der Waals surface area contributed by atoms with Gasteiger partial charge in [-0.1, -0.05) is 71.5 Å². The van der Waals surface area contributed by atoms with Gasteiger partial charge in [0, 0.05) is 0 Å². The van der Waals surface area contributed by atoms with E-state index >= 15 is 0 Å². The van der Waals surface area contributed by atoms with Crippen molar-refractivity contribution in [2.75, 3.05) is 6.61 Å². The fraction of sp³-hybridized carbons (Fsp3) is 0.222. The number of benzene rings is 1. The predicted octanol–water partition coefficient (Wildman–Crippen LogP) is 4.34. The second-order valence-electron chi connectivity index (χ2n) is 2.67. The van der Waals surface area contributed by atoms with Crippen LogP contribution in [0.4, 0.5) is 0 Å². The lowest BCUT2D eigenvalue weighted by Gasteiger charge is -2.12. The standard InChI is InChI=1S/C9H6Br3ClO2/c10-9(11,12)5-15-8(14)6-3-1-2-4-7(6)13/h1-4H,5H2. The number of alkyl halides is 3. The molecule has 2 nitrogen and oxygen atoms in total. The summed E-state index contributed by atoms with van der Waals surface area (Å²) in [4.78, 5) is 11.5. The van der Waals surface area contributed by atoms with Crippen LogP contribution in [0.5, 0.6) is 0 Å². The second kappa shape index (κ2) is 5.66. The molecule has 0 amide bonds. The normalized spacial score (nSPS) is 11.2. The Morgan fingerprint density at radius 3 is 2.47 bits per heavy atom. The molecule has 0 unspecified atom stereocenters. The van der Waals surface area contributed by atoms with Crippen LogP contribution in [0.25, 0.3) is 0 Å². The SMILES string of the molecule is O=C(OCC(Br)(Br)Br)c1ccccc1Cl. The minimum absolute atomic E-state index is 0.136. The Hall–Kier alpha value is 0.420. The van der Waals surface area contributed by atoms with E-state index in [4.69, 9.17) is 16.3 Å². The smallest absolute Gasteiger partial charge is 0.339 e. The molecule has 1 aromatic carbocycles. The largest absolute Gasteiger partial charge is 0.459 e. The lowest BCUT2D eigenvalue weighted by molar-refractivity contribution is 0.0521. The molecule has 6 heteroatoms. The molecule has 15 heavy (non-hydrogen) atoms. The molecule has 0 spiro atoms. The lowest BCUT2D eigenvalue weighted by atomic mass is 10.2. The van der Waals surface area contributed by atoms with E-state index in [9.17, 15) is 4.79 Å². The van der Waals surface area contributed by atoms with Crippen molar-refractivity contribution in [2.24, 2.45) is 0 Å². The molecule has 0 aliphatic heterocycles. The molecule has 0 atom stereocenters. The Morgan fingerprint density at radius 1 is 1.33 bits per heavy atom. The molecule has 0 saturated carbocycles. The van der Waals surface area contributed by atoms with Gasteiger partial charge >= 0.3 is 5.97 Å². The Balaban J connectivity index is 2.66. The minimum Gasteiger partial charge on any atom is -0.459 e. The Kier molecular flexibility index (Phi) is 5.09. The highest BCUT2D eigenvalue weighted by Gasteiger charge is 2.21. The van der Waals surface area contributed by atoms with Gasteiger partial charge in [0.05, 0.1) is 10.6 Å². The van der Waals surface area contributed by atoms with Crippen LogP contribution in [-0.4, -0.2) is 14.7 Å². The van der Waals surface area contributed by atoms with Crippen molar-refractivity contribution < 1.29 is 9.53 Å². The summed E-state index contributed by atoms with van der Waals surface area (Å²) in [5, 5.41) is 0.381. The summed E-state index contributed by atoms with van der Waals surface area (Å²) in [6.45, 7) is 0.136. The molecule has 0 N–H and O–H groups in total. The number of hydrogen-bond donors (Lipinski definition) is 0. The zero-order valence-corrected chi connectivity index (χ0v) is 12.9. The van der Waals surface area contributed by atoms with Gasteiger partial charge < -0.3 is 4.74 Å². The molecule has 1 rings (SSSR count). The number of rotatable bonds is 2. The molecule has 1 aromatic rings.